The maximum absolute atomic E-state index is 14.5. The van der Waals surface area contributed by atoms with Gasteiger partial charge in [-0.15, -0.1) is 0 Å². The molecule has 5 atom stereocenters. The van der Waals surface area contributed by atoms with Crippen LogP contribution in [0.4, 0.5) is 13.2 Å². The normalized spacial score (nSPS) is 25.6. The van der Waals surface area contributed by atoms with Crippen LogP contribution in [0.2, 0.25) is 0 Å². The number of methoxy groups -OCH3 is 1. The highest BCUT2D eigenvalue weighted by atomic mass is 32.2. The van der Waals surface area contributed by atoms with Crippen LogP contribution in [0.5, 0.6) is 11.5 Å². The van der Waals surface area contributed by atoms with E-state index in [4.69, 9.17) is 18.9 Å². The van der Waals surface area contributed by atoms with E-state index in [1.165, 1.54) is 7.11 Å². The minimum atomic E-state index is -5.28. The van der Waals surface area contributed by atoms with E-state index in [0.29, 0.717) is 60.0 Å². The third-order valence-corrected chi connectivity index (χ3v) is 13.5. The van der Waals surface area contributed by atoms with Crippen molar-refractivity contribution in [1.29, 1.82) is 0 Å². The number of halogens is 3. The van der Waals surface area contributed by atoms with Crippen LogP contribution in [0.15, 0.2) is 65.1 Å². The van der Waals surface area contributed by atoms with E-state index in [2.05, 4.69) is 10.0 Å². The molecule has 8 rings (SSSR count). The molecule has 0 bridgehead atoms. The van der Waals surface area contributed by atoms with E-state index in [1.54, 1.807) is 30.3 Å². The Balaban J connectivity index is 1.16. The standard InChI is InChI=1S/C42H44F3N5O9S/c1-23-10-12-24(13-11-23)31-20-34(36-35(46-31)29-18-26(57-2)14-17-33(29)59-36)58-27-19-32-37(51)48-41(39(53)49-60(55,56)28-15-16-28)21-25(41)8-6-4-3-5-7-9-30(38(52)50(32)22-27)47-40(54)42(43,44)45/h6,8,10-14,17-18,20,25,27-28,30,32H,3-5,7,9,15-16,19,21-22H2,1-2H3,(H,47,54)(H,48,51)(H,49,53)/b8-6-/t25-,27-,30+,32+,41-/m1/s1. The van der Waals surface area contributed by atoms with Crippen molar-refractivity contribution in [3.05, 3.63) is 66.2 Å². The molecular formula is C42H44F3N5O9S. The Labute approximate surface area is 343 Å². The summed E-state index contributed by atoms with van der Waals surface area (Å²) in [4.78, 5) is 60.9. The van der Waals surface area contributed by atoms with Gasteiger partial charge in [-0.3, -0.25) is 23.9 Å². The first-order valence-electron chi connectivity index (χ1n) is 19.9. The van der Waals surface area contributed by atoms with Crippen LogP contribution < -0.4 is 24.8 Å². The summed E-state index contributed by atoms with van der Waals surface area (Å²) in [5.74, 6) is -4.79. The van der Waals surface area contributed by atoms with E-state index >= 15 is 0 Å². The number of carbonyl (C=O) groups excluding carboxylic acids is 4. The molecule has 4 heterocycles. The lowest BCUT2D eigenvalue weighted by Crippen LogP contribution is -2.58. The number of amides is 4. The van der Waals surface area contributed by atoms with Gasteiger partial charge in [0.25, 0.3) is 5.91 Å². The first-order valence-corrected chi connectivity index (χ1v) is 21.5. The Morgan fingerprint density at radius 2 is 1.80 bits per heavy atom. The number of alkyl halides is 3. The van der Waals surface area contributed by atoms with Crippen molar-refractivity contribution in [1.82, 2.24) is 25.2 Å². The molecule has 4 aromatic rings. The molecule has 0 radical (unpaired) electrons. The molecule has 2 aromatic carbocycles. The fourth-order valence-corrected chi connectivity index (χ4v) is 9.40. The number of nitrogens with zero attached hydrogens (tertiary/aromatic N) is 2. The maximum atomic E-state index is 14.5. The van der Waals surface area contributed by atoms with Gasteiger partial charge in [0.15, 0.2) is 11.3 Å². The molecule has 14 nitrogen and oxygen atoms in total. The van der Waals surface area contributed by atoms with Gasteiger partial charge in [-0.05, 0) is 63.6 Å². The van der Waals surface area contributed by atoms with Crippen LogP contribution >= 0.6 is 0 Å². The number of fused-ring (bicyclic) bond motifs is 5. The van der Waals surface area contributed by atoms with E-state index in [9.17, 15) is 40.8 Å². The second-order valence-electron chi connectivity index (χ2n) is 16.0. The van der Waals surface area contributed by atoms with Gasteiger partial charge in [-0.2, -0.15) is 13.2 Å². The van der Waals surface area contributed by atoms with Crippen LogP contribution in [0.25, 0.3) is 33.3 Å². The first kappa shape index (κ1) is 41.1. The number of aryl methyl sites for hydroxylation is 1. The van der Waals surface area contributed by atoms with Gasteiger partial charge in [0.05, 0.1) is 30.0 Å². The van der Waals surface area contributed by atoms with E-state index in [1.807, 2.05) is 42.6 Å². The number of pyridine rings is 1. The van der Waals surface area contributed by atoms with E-state index < -0.39 is 74.7 Å². The number of hydrogen-bond donors (Lipinski definition) is 3. The summed E-state index contributed by atoms with van der Waals surface area (Å²) in [5.41, 5.74) is 1.79. The molecule has 4 amide bonds. The highest BCUT2D eigenvalue weighted by Gasteiger charge is 2.62. The van der Waals surface area contributed by atoms with Crippen molar-refractivity contribution < 1.29 is 54.7 Å². The highest BCUT2D eigenvalue weighted by Crippen LogP contribution is 2.46. The van der Waals surface area contributed by atoms with Gasteiger partial charge in [0.2, 0.25) is 21.8 Å². The maximum Gasteiger partial charge on any atom is 0.471 e. The number of sulfonamides is 1. The Bertz CT molecular complexity index is 2500. The summed E-state index contributed by atoms with van der Waals surface area (Å²) in [6, 6.07) is 11.5. The molecule has 2 aromatic heterocycles. The third-order valence-electron chi connectivity index (χ3n) is 11.6. The largest absolute Gasteiger partial charge is 0.497 e. The van der Waals surface area contributed by atoms with Crippen molar-refractivity contribution in [3.63, 3.8) is 0 Å². The highest BCUT2D eigenvalue weighted by molar-refractivity contribution is 7.91. The fraction of sp³-hybridized carbons (Fsp3) is 0.452. The zero-order valence-electron chi connectivity index (χ0n) is 32.8. The quantitative estimate of drug-likeness (QED) is 0.195. The van der Waals surface area contributed by atoms with Gasteiger partial charge in [0.1, 0.15) is 40.6 Å². The number of benzene rings is 2. The monoisotopic (exact) mass is 851 g/mol. The SMILES string of the molecule is COc1ccc2oc3c(O[C@@H]4C[C@H]5C(=O)N[C@]6(C(=O)NS(=O)(=O)C7CC7)C[C@H]6/C=C\CCCCC[C@H](NC(=O)C(F)(F)F)C(=O)N5C4)cc(-c4ccc(C)cc4)nc3c2c1. The topological polar surface area (TPSA) is 186 Å². The minimum Gasteiger partial charge on any atom is -0.497 e. The average Bonchev–Trinajstić information content (AvgIpc) is 4.11. The van der Waals surface area contributed by atoms with Crippen LogP contribution in [-0.4, -0.2) is 90.7 Å². The van der Waals surface area contributed by atoms with Crippen LogP contribution in [-0.2, 0) is 29.2 Å². The van der Waals surface area contributed by atoms with Gasteiger partial charge in [-0.1, -0.05) is 54.8 Å². The van der Waals surface area contributed by atoms with Crippen molar-refractivity contribution in [2.45, 2.75) is 99.9 Å². The number of hydrogen-bond acceptors (Lipinski definition) is 10. The van der Waals surface area contributed by atoms with Crippen molar-refractivity contribution in [3.8, 4) is 22.8 Å². The number of nitrogens with one attached hydrogen (secondary N) is 3. The fourth-order valence-electron chi connectivity index (χ4n) is 8.04. The molecule has 1 saturated heterocycles. The Morgan fingerprint density at radius 1 is 1.03 bits per heavy atom. The summed E-state index contributed by atoms with van der Waals surface area (Å²) in [6.07, 6.45) is -0.220. The Kier molecular flexibility index (Phi) is 10.8. The predicted molar refractivity (Wildman–Crippen MR) is 212 cm³/mol. The average molecular weight is 852 g/mol. The van der Waals surface area contributed by atoms with E-state index in [-0.39, 0.29) is 43.6 Å². The second-order valence-corrected chi connectivity index (χ2v) is 18.0. The van der Waals surface area contributed by atoms with Crippen LogP contribution in [0.3, 0.4) is 0 Å². The zero-order valence-corrected chi connectivity index (χ0v) is 33.7. The zero-order chi connectivity index (χ0) is 42.6. The smallest absolute Gasteiger partial charge is 0.471 e. The molecule has 0 unspecified atom stereocenters. The lowest BCUT2D eigenvalue weighted by atomic mass is 10.0. The first-order chi connectivity index (χ1) is 28.6. The van der Waals surface area contributed by atoms with Crippen LogP contribution in [0, 0.1) is 12.8 Å². The number of ether oxygens (including phenoxy) is 2. The minimum absolute atomic E-state index is 0.0831. The molecule has 3 fully saturated rings. The molecule has 318 valence electrons. The number of aromatic nitrogens is 1. The Hall–Kier alpha value is -5.65. The van der Waals surface area contributed by atoms with Crippen molar-refractivity contribution >= 4 is 55.7 Å². The molecule has 18 heteroatoms. The number of allylic oxidation sites excluding steroid dienone is 1. The number of carbonyl (C=O) groups is 4. The van der Waals surface area contributed by atoms with E-state index in [0.717, 1.165) is 16.0 Å². The predicted octanol–water partition coefficient (Wildman–Crippen LogP) is 5.36. The van der Waals surface area contributed by atoms with Gasteiger partial charge >= 0.3 is 12.1 Å². The van der Waals surface area contributed by atoms with Crippen LogP contribution in [0.1, 0.15) is 63.4 Å². The Morgan fingerprint density at radius 3 is 2.52 bits per heavy atom. The summed E-state index contributed by atoms with van der Waals surface area (Å²) < 4.78 is 86.9. The van der Waals surface area contributed by atoms with Gasteiger partial charge in [0, 0.05) is 24.0 Å². The lowest BCUT2D eigenvalue weighted by molar-refractivity contribution is -0.175. The van der Waals surface area contributed by atoms with Gasteiger partial charge < -0.3 is 29.4 Å². The number of furan rings is 1. The summed E-state index contributed by atoms with van der Waals surface area (Å²) in [6.45, 7) is 1.65. The molecule has 4 aliphatic rings. The number of rotatable bonds is 8. The molecular weight excluding hydrogens is 808 g/mol. The van der Waals surface area contributed by atoms with Gasteiger partial charge in [-0.25, -0.2) is 13.4 Å². The van der Waals surface area contributed by atoms with Crippen molar-refractivity contribution in [2.75, 3.05) is 13.7 Å². The van der Waals surface area contributed by atoms with Crippen molar-refractivity contribution in [2.24, 2.45) is 5.92 Å². The molecule has 60 heavy (non-hydrogen) atoms. The third kappa shape index (κ3) is 8.25. The lowest BCUT2D eigenvalue weighted by Gasteiger charge is -2.30. The molecule has 2 saturated carbocycles. The molecule has 2 aliphatic heterocycles. The molecule has 3 N–H and O–H groups in total. The summed E-state index contributed by atoms with van der Waals surface area (Å²) >= 11 is 0. The summed E-state index contributed by atoms with van der Waals surface area (Å²) in [5, 5.41) is 4.50. The second kappa shape index (κ2) is 15.7. The molecule has 0 spiro atoms. The summed E-state index contributed by atoms with van der Waals surface area (Å²) in [7, 11) is -2.47. The molecule has 2 aliphatic carbocycles.